The third-order valence-electron chi connectivity index (χ3n) is 2.79. The molecule has 0 radical (unpaired) electrons. The topological polar surface area (TPSA) is 30.0 Å². The van der Waals surface area contributed by atoms with Gasteiger partial charge in [0.15, 0.2) is 5.78 Å². The van der Waals surface area contributed by atoms with Crippen molar-refractivity contribution >= 4 is 5.78 Å². The maximum atomic E-state index is 13.5. The van der Waals surface area contributed by atoms with Gasteiger partial charge in [-0.25, -0.2) is 4.39 Å². The number of carbonyl (C=O) groups is 1. The Labute approximate surface area is 105 Å². The fourth-order valence-corrected chi connectivity index (χ4v) is 1.79. The van der Waals surface area contributed by atoms with Crippen LogP contribution >= 0.6 is 0 Å². The predicted octanol–water partition coefficient (Wildman–Crippen LogP) is 3.34. The summed E-state index contributed by atoms with van der Waals surface area (Å²) in [5, 5.41) is 0. The van der Waals surface area contributed by atoms with Gasteiger partial charge in [0.25, 0.3) is 0 Å². The zero-order valence-corrected chi connectivity index (χ0v) is 10.2. The van der Waals surface area contributed by atoms with Crippen molar-refractivity contribution in [2.75, 3.05) is 0 Å². The highest BCUT2D eigenvalue weighted by Crippen LogP contribution is 2.13. The second-order valence-electron chi connectivity index (χ2n) is 4.27. The molecule has 3 heteroatoms. The molecule has 0 unspecified atom stereocenters. The quantitative estimate of drug-likeness (QED) is 0.771. The minimum absolute atomic E-state index is 0.167. The van der Waals surface area contributed by atoms with Gasteiger partial charge in [0.05, 0.1) is 5.56 Å². The van der Waals surface area contributed by atoms with Crippen LogP contribution in [0.25, 0.3) is 0 Å². The van der Waals surface area contributed by atoms with Crippen LogP contribution in [0.3, 0.4) is 0 Å². The summed E-state index contributed by atoms with van der Waals surface area (Å²) in [5.41, 5.74) is 2.05. The van der Waals surface area contributed by atoms with Crippen LogP contribution in [0.2, 0.25) is 0 Å². The lowest BCUT2D eigenvalue weighted by molar-refractivity contribution is 0.0979. The van der Waals surface area contributed by atoms with Crippen molar-refractivity contribution < 1.29 is 9.18 Å². The van der Waals surface area contributed by atoms with Gasteiger partial charge in [0.2, 0.25) is 0 Å². The van der Waals surface area contributed by atoms with Gasteiger partial charge in [-0.1, -0.05) is 17.7 Å². The molecule has 0 saturated heterocycles. The van der Waals surface area contributed by atoms with Crippen molar-refractivity contribution in [3.63, 3.8) is 0 Å². The molecule has 1 aromatic heterocycles. The van der Waals surface area contributed by atoms with E-state index in [4.69, 9.17) is 0 Å². The van der Waals surface area contributed by atoms with Crippen LogP contribution in [0.15, 0.2) is 42.7 Å². The van der Waals surface area contributed by atoms with E-state index >= 15 is 0 Å². The molecule has 0 aliphatic rings. The van der Waals surface area contributed by atoms with Gasteiger partial charge >= 0.3 is 0 Å². The predicted molar refractivity (Wildman–Crippen MR) is 68.0 cm³/mol. The van der Waals surface area contributed by atoms with Crippen molar-refractivity contribution in [3.05, 3.63) is 65.2 Å². The van der Waals surface area contributed by atoms with Crippen LogP contribution in [0.1, 0.15) is 27.9 Å². The van der Waals surface area contributed by atoms with E-state index in [1.807, 2.05) is 19.1 Å². The molecule has 0 N–H and O–H groups in total. The molecular weight excluding hydrogens is 229 g/mol. The van der Waals surface area contributed by atoms with Crippen LogP contribution < -0.4 is 0 Å². The molecule has 0 bridgehead atoms. The van der Waals surface area contributed by atoms with Gasteiger partial charge in [-0.3, -0.25) is 9.78 Å². The van der Waals surface area contributed by atoms with Gasteiger partial charge < -0.3 is 0 Å². The second-order valence-corrected chi connectivity index (χ2v) is 4.27. The maximum absolute atomic E-state index is 13.5. The number of ketones is 1. The fourth-order valence-electron chi connectivity index (χ4n) is 1.79. The summed E-state index contributed by atoms with van der Waals surface area (Å²) < 4.78 is 13.5. The summed E-state index contributed by atoms with van der Waals surface area (Å²) in [4.78, 5) is 15.9. The second kappa shape index (κ2) is 5.54. The molecule has 0 saturated carbocycles. The number of pyridine rings is 1. The van der Waals surface area contributed by atoms with E-state index in [9.17, 15) is 9.18 Å². The Morgan fingerprint density at radius 3 is 2.89 bits per heavy atom. The van der Waals surface area contributed by atoms with Gasteiger partial charge in [-0.15, -0.1) is 0 Å². The molecule has 1 aromatic carbocycles. The Kier molecular flexibility index (Phi) is 3.82. The fraction of sp³-hybridized carbons (Fsp3) is 0.200. The molecule has 0 atom stereocenters. The summed E-state index contributed by atoms with van der Waals surface area (Å²) in [5.74, 6) is -0.614. The third kappa shape index (κ3) is 3.00. The van der Waals surface area contributed by atoms with Crippen molar-refractivity contribution in [1.82, 2.24) is 4.98 Å². The average Bonchev–Trinajstić information content (AvgIpc) is 2.40. The largest absolute Gasteiger partial charge is 0.294 e. The van der Waals surface area contributed by atoms with Crippen molar-refractivity contribution in [1.29, 1.82) is 0 Å². The molecular formula is C15H14FNO. The molecule has 1 heterocycles. The van der Waals surface area contributed by atoms with Crippen LogP contribution in [0, 0.1) is 12.7 Å². The first-order chi connectivity index (χ1) is 8.66. The average molecular weight is 243 g/mol. The van der Waals surface area contributed by atoms with E-state index in [0.717, 1.165) is 11.1 Å². The van der Waals surface area contributed by atoms with E-state index in [2.05, 4.69) is 4.98 Å². The number of carbonyl (C=O) groups excluding carboxylic acids is 1. The molecule has 92 valence electrons. The molecule has 2 rings (SSSR count). The first-order valence-electron chi connectivity index (χ1n) is 5.85. The Bertz CT molecular complexity index is 552. The zero-order chi connectivity index (χ0) is 13.0. The number of hydrogen-bond donors (Lipinski definition) is 0. The first kappa shape index (κ1) is 12.4. The summed E-state index contributed by atoms with van der Waals surface area (Å²) in [6.45, 7) is 1.84. The molecule has 2 nitrogen and oxygen atoms in total. The normalized spacial score (nSPS) is 10.3. The van der Waals surface area contributed by atoms with Crippen LogP contribution in [0.4, 0.5) is 4.39 Å². The highest BCUT2D eigenvalue weighted by molar-refractivity contribution is 5.96. The van der Waals surface area contributed by atoms with Crippen LogP contribution in [0.5, 0.6) is 0 Å². The van der Waals surface area contributed by atoms with Gasteiger partial charge in [0.1, 0.15) is 5.82 Å². The van der Waals surface area contributed by atoms with E-state index in [1.54, 1.807) is 24.5 Å². The Morgan fingerprint density at radius 1 is 1.33 bits per heavy atom. The lowest BCUT2D eigenvalue weighted by Gasteiger charge is -2.04. The number of nitrogens with zero attached hydrogens (tertiary/aromatic N) is 1. The van der Waals surface area contributed by atoms with Gasteiger partial charge in [-0.05, 0) is 37.1 Å². The van der Waals surface area contributed by atoms with E-state index in [0.29, 0.717) is 12.8 Å². The summed E-state index contributed by atoms with van der Waals surface area (Å²) >= 11 is 0. The molecule has 0 fully saturated rings. The lowest BCUT2D eigenvalue weighted by atomic mass is 10.0. The van der Waals surface area contributed by atoms with Gasteiger partial charge in [-0.2, -0.15) is 0 Å². The molecule has 18 heavy (non-hydrogen) atoms. The number of rotatable bonds is 4. The van der Waals surface area contributed by atoms with Crippen LogP contribution in [-0.4, -0.2) is 10.8 Å². The highest BCUT2D eigenvalue weighted by atomic mass is 19.1. The van der Waals surface area contributed by atoms with Crippen molar-refractivity contribution in [2.45, 2.75) is 19.8 Å². The summed E-state index contributed by atoms with van der Waals surface area (Å²) in [7, 11) is 0. The standard InChI is InChI=1S/C15H14FNO/c1-11-4-6-14(16)13(9-11)15(18)7-5-12-3-2-8-17-10-12/h2-4,6,8-10H,5,7H2,1H3. The summed E-state index contributed by atoms with van der Waals surface area (Å²) in [6.07, 6.45) is 4.29. The van der Waals surface area contributed by atoms with Crippen molar-refractivity contribution in [3.8, 4) is 0 Å². The van der Waals surface area contributed by atoms with Crippen LogP contribution in [-0.2, 0) is 6.42 Å². The van der Waals surface area contributed by atoms with E-state index in [1.165, 1.54) is 6.07 Å². The number of halogens is 1. The van der Waals surface area contributed by atoms with E-state index < -0.39 is 5.82 Å². The summed E-state index contributed by atoms with van der Waals surface area (Å²) in [6, 6.07) is 8.33. The molecule has 2 aromatic rings. The van der Waals surface area contributed by atoms with E-state index in [-0.39, 0.29) is 11.3 Å². The number of hydrogen-bond acceptors (Lipinski definition) is 2. The van der Waals surface area contributed by atoms with Gasteiger partial charge in [0, 0.05) is 18.8 Å². The Morgan fingerprint density at radius 2 is 2.17 bits per heavy atom. The minimum atomic E-state index is -0.447. The minimum Gasteiger partial charge on any atom is -0.294 e. The number of benzene rings is 1. The smallest absolute Gasteiger partial charge is 0.166 e. The Hall–Kier alpha value is -2.03. The lowest BCUT2D eigenvalue weighted by Crippen LogP contribution is -2.04. The molecule has 0 amide bonds. The maximum Gasteiger partial charge on any atom is 0.166 e. The van der Waals surface area contributed by atoms with Crippen molar-refractivity contribution in [2.24, 2.45) is 0 Å². The highest BCUT2D eigenvalue weighted by Gasteiger charge is 2.11. The number of aromatic nitrogens is 1. The SMILES string of the molecule is Cc1ccc(F)c(C(=O)CCc2cccnc2)c1. The molecule has 0 spiro atoms. The zero-order valence-electron chi connectivity index (χ0n) is 10.2. The first-order valence-corrected chi connectivity index (χ1v) is 5.85. The number of Topliss-reactive ketones (excluding diaryl/α,β-unsaturated/α-hetero) is 1. The third-order valence-corrected chi connectivity index (χ3v) is 2.79. The Balaban J connectivity index is 2.06. The number of aryl methyl sites for hydroxylation is 2. The molecule has 0 aliphatic carbocycles. The molecule has 0 aliphatic heterocycles. The monoisotopic (exact) mass is 243 g/mol.